The molecule has 0 heterocycles. The molecule has 1 atom stereocenters. The topological polar surface area (TPSA) is 15.3 Å². The predicted molar refractivity (Wildman–Crippen MR) is 75.5 cm³/mol. The first-order chi connectivity index (χ1) is 8.56. The van der Waals surface area contributed by atoms with Crippen LogP contribution in [0.25, 0.3) is 0 Å². The van der Waals surface area contributed by atoms with E-state index in [1.165, 1.54) is 0 Å². The van der Waals surface area contributed by atoms with Gasteiger partial charge < -0.3 is 10.2 Å². The Morgan fingerprint density at radius 1 is 1.44 bits per heavy atom. The summed E-state index contributed by atoms with van der Waals surface area (Å²) < 4.78 is 13.6. The van der Waals surface area contributed by atoms with Crippen LogP contribution in [0, 0.1) is 5.82 Å². The van der Waals surface area contributed by atoms with Crippen LogP contribution in [0.1, 0.15) is 25.8 Å². The molecule has 0 amide bonds. The lowest BCUT2D eigenvalue weighted by Gasteiger charge is -2.23. The van der Waals surface area contributed by atoms with Gasteiger partial charge in [0, 0.05) is 31.2 Å². The summed E-state index contributed by atoms with van der Waals surface area (Å²) in [6.07, 6.45) is 1.14. The van der Waals surface area contributed by atoms with Crippen LogP contribution in [-0.4, -0.2) is 31.1 Å². The minimum absolute atomic E-state index is 0.186. The Hall–Kier alpha value is -0.640. The van der Waals surface area contributed by atoms with E-state index in [4.69, 9.17) is 11.6 Å². The Morgan fingerprint density at radius 2 is 2.17 bits per heavy atom. The van der Waals surface area contributed by atoms with Crippen molar-refractivity contribution in [1.29, 1.82) is 0 Å². The summed E-state index contributed by atoms with van der Waals surface area (Å²) in [7, 11) is 2.11. The Balaban J connectivity index is 2.32. The largest absolute Gasteiger partial charge is 0.311 e. The van der Waals surface area contributed by atoms with Crippen molar-refractivity contribution in [3.63, 3.8) is 0 Å². The van der Waals surface area contributed by atoms with E-state index in [0.29, 0.717) is 18.2 Å². The van der Waals surface area contributed by atoms with Gasteiger partial charge in [-0.1, -0.05) is 30.7 Å². The third-order valence-electron chi connectivity index (χ3n) is 3.33. The average molecular weight is 273 g/mol. The molecule has 0 aliphatic rings. The SMILES string of the molecule is CCC(C)N(C)CCNCc1cccc(Cl)c1F. The lowest BCUT2D eigenvalue weighted by Crippen LogP contribution is -2.34. The lowest BCUT2D eigenvalue weighted by atomic mass is 10.2. The van der Waals surface area contributed by atoms with Crippen molar-refractivity contribution >= 4 is 11.6 Å². The van der Waals surface area contributed by atoms with Gasteiger partial charge in [0.25, 0.3) is 0 Å². The van der Waals surface area contributed by atoms with E-state index in [1.54, 1.807) is 18.2 Å². The van der Waals surface area contributed by atoms with Crippen LogP contribution in [-0.2, 0) is 6.54 Å². The fraction of sp³-hybridized carbons (Fsp3) is 0.571. The van der Waals surface area contributed by atoms with Gasteiger partial charge in [-0.3, -0.25) is 0 Å². The first-order valence-corrected chi connectivity index (χ1v) is 6.77. The molecule has 0 aliphatic carbocycles. The molecule has 0 saturated carbocycles. The van der Waals surface area contributed by atoms with Gasteiger partial charge >= 0.3 is 0 Å². The van der Waals surface area contributed by atoms with Gasteiger partial charge in [0.1, 0.15) is 5.82 Å². The van der Waals surface area contributed by atoms with Gasteiger partial charge in [0.2, 0.25) is 0 Å². The highest BCUT2D eigenvalue weighted by atomic mass is 35.5. The summed E-state index contributed by atoms with van der Waals surface area (Å²) in [4.78, 5) is 2.29. The number of nitrogens with zero attached hydrogens (tertiary/aromatic N) is 1. The molecule has 0 radical (unpaired) electrons. The second kappa shape index (κ2) is 7.72. The van der Waals surface area contributed by atoms with Gasteiger partial charge in [0.15, 0.2) is 0 Å². The second-order valence-corrected chi connectivity index (χ2v) is 5.03. The van der Waals surface area contributed by atoms with Crippen LogP contribution in [0.15, 0.2) is 18.2 Å². The second-order valence-electron chi connectivity index (χ2n) is 4.63. The number of benzene rings is 1. The summed E-state index contributed by atoms with van der Waals surface area (Å²) in [5.74, 6) is -0.318. The molecule has 1 aromatic carbocycles. The van der Waals surface area contributed by atoms with Gasteiger partial charge in [-0.05, 0) is 26.5 Å². The molecule has 18 heavy (non-hydrogen) atoms. The molecule has 1 aromatic rings. The van der Waals surface area contributed by atoms with Crippen molar-refractivity contribution in [3.8, 4) is 0 Å². The van der Waals surface area contributed by atoms with E-state index in [1.807, 2.05) is 0 Å². The zero-order valence-electron chi connectivity index (χ0n) is 11.3. The highest BCUT2D eigenvalue weighted by Gasteiger charge is 2.07. The molecule has 2 nitrogen and oxygen atoms in total. The fourth-order valence-electron chi connectivity index (χ4n) is 1.70. The molecule has 0 saturated heterocycles. The number of likely N-dealkylation sites (N-methyl/N-ethyl adjacent to an activating group) is 1. The van der Waals surface area contributed by atoms with Crippen LogP contribution in [0.5, 0.6) is 0 Å². The highest BCUT2D eigenvalue weighted by Crippen LogP contribution is 2.17. The average Bonchev–Trinajstić information content (AvgIpc) is 2.38. The molecule has 1 N–H and O–H groups in total. The van der Waals surface area contributed by atoms with Crippen LogP contribution in [0.4, 0.5) is 4.39 Å². The fourth-order valence-corrected chi connectivity index (χ4v) is 1.89. The quantitative estimate of drug-likeness (QED) is 0.766. The molecule has 4 heteroatoms. The van der Waals surface area contributed by atoms with Gasteiger partial charge in [-0.25, -0.2) is 4.39 Å². The van der Waals surface area contributed by atoms with Crippen LogP contribution in [0.3, 0.4) is 0 Å². The number of hydrogen-bond donors (Lipinski definition) is 1. The summed E-state index contributed by atoms with van der Waals surface area (Å²) in [5, 5.41) is 3.43. The van der Waals surface area contributed by atoms with Gasteiger partial charge in [-0.2, -0.15) is 0 Å². The Labute approximate surface area is 114 Å². The van der Waals surface area contributed by atoms with E-state index in [2.05, 4.69) is 31.1 Å². The number of nitrogens with one attached hydrogen (secondary N) is 1. The molecule has 1 unspecified atom stereocenters. The molecule has 1 rings (SSSR count). The van der Waals surface area contributed by atoms with Crippen molar-refractivity contribution in [2.45, 2.75) is 32.9 Å². The summed E-state index contributed by atoms with van der Waals surface area (Å²) >= 11 is 5.73. The van der Waals surface area contributed by atoms with Gasteiger partial charge in [0.05, 0.1) is 5.02 Å². The molecular weight excluding hydrogens is 251 g/mol. The molecule has 0 bridgehead atoms. The molecule has 102 valence electrons. The molecule has 0 fully saturated rings. The number of hydrogen-bond acceptors (Lipinski definition) is 2. The van der Waals surface area contributed by atoms with Crippen molar-refractivity contribution in [2.75, 3.05) is 20.1 Å². The minimum atomic E-state index is -0.318. The Kier molecular flexibility index (Phi) is 6.61. The third kappa shape index (κ3) is 4.56. The monoisotopic (exact) mass is 272 g/mol. The number of halogens is 2. The summed E-state index contributed by atoms with van der Waals surface area (Å²) in [6.45, 7) is 6.69. The van der Waals surface area contributed by atoms with E-state index >= 15 is 0 Å². The van der Waals surface area contributed by atoms with Gasteiger partial charge in [-0.15, -0.1) is 0 Å². The molecular formula is C14H22ClFN2. The summed E-state index contributed by atoms with van der Waals surface area (Å²) in [5.41, 5.74) is 0.619. The minimum Gasteiger partial charge on any atom is -0.311 e. The third-order valence-corrected chi connectivity index (χ3v) is 3.62. The van der Waals surface area contributed by atoms with Crippen molar-refractivity contribution in [1.82, 2.24) is 10.2 Å². The smallest absolute Gasteiger partial charge is 0.146 e. The highest BCUT2D eigenvalue weighted by molar-refractivity contribution is 6.30. The maximum atomic E-state index is 13.6. The normalized spacial score (nSPS) is 13.0. The van der Waals surface area contributed by atoms with E-state index in [-0.39, 0.29) is 10.8 Å². The predicted octanol–water partition coefficient (Wildman–Crippen LogP) is 3.30. The summed E-state index contributed by atoms with van der Waals surface area (Å²) in [6, 6.07) is 5.67. The van der Waals surface area contributed by atoms with Crippen LogP contribution < -0.4 is 5.32 Å². The van der Waals surface area contributed by atoms with Crippen molar-refractivity contribution in [2.24, 2.45) is 0 Å². The standard InChI is InChI=1S/C14H22ClFN2/c1-4-11(2)18(3)9-8-17-10-12-6-5-7-13(15)14(12)16/h5-7,11,17H,4,8-10H2,1-3H3. The Morgan fingerprint density at radius 3 is 2.83 bits per heavy atom. The van der Waals surface area contributed by atoms with E-state index < -0.39 is 0 Å². The molecule has 0 spiro atoms. The zero-order chi connectivity index (χ0) is 13.5. The Bertz CT molecular complexity index is 371. The maximum absolute atomic E-state index is 13.6. The first kappa shape index (κ1) is 15.4. The van der Waals surface area contributed by atoms with Crippen molar-refractivity contribution < 1.29 is 4.39 Å². The van der Waals surface area contributed by atoms with Crippen LogP contribution >= 0.6 is 11.6 Å². The first-order valence-electron chi connectivity index (χ1n) is 6.40. The maximum Gasteiger partial charge on any atom is 0.146 e. The van der Waals surface area contributed by atoms with E-state index in [9.17, 15) is 4.39 Å². The van der Waals surface area contributed by atoms with E-state index in [0.717, 1.165) is 19.5 Å². The zero-order valence-corrected chi connectivity index (χ0v) is 12.1. The number of rotatable bonds is 7. The van der Waals surface area contributed by atoms with Crippen LogP contribution in [0.2, 0.25) is 5.02 Å². The van der Waals surface area contributed by atoms with Crippen molar-refractivity contribution in [3.05, 3.63) is 34.6 Å². The lowest BCUT2D eigenvalue weighted by molar-refractivity contribution is 0.251. The molecule has 0 aromatic heterocycles. The molecule has 0 aliphatic heterocycles.